The van der Waals surface area contributed by atoms with Crippen LogP contribution in [0.5, 0.6) is 5.75 Å². The normalized spacial score (nSPS) is 20.2. The molecule has 7 nitrogen and oxygen atoms in total. The van der Waals surface area contributed by atoms with Crippen LogP contribution < -0.4 is 10.4 Å². The number of hydrogen-bond donors (Lipinski definition) is 3. The summed E-state index contributed by atoms with van der Waals surface area (Å²) in [5.41, 5.74) is 3.55. The fourth-order valence-corrected chi connectivity index (χ4v) is 13.0. The number of aliphatic hydroxyl groups is 2. The molecule has 1 aliphatic heterocycles. The lowest BCUT2D eigenvalue weighted by Gasteiger charge is -2.44. The van der Waals surface area contributed by atoms with E-state index < -0.39 is 50.3 Å². The highest BCUT2D eigenvalue weighted by Gasteiger charge is 2.55. The molecule has 3 N–H and O–H groups in total. The Bertz CT molecular complexity index is 1950. The number of aromatic hydroxyl groups is 1. The average Bonchev–Trinajstić information content (AvgIpc) is 3.37. The summed E-state index contributed by atoms with van der Waals surface area (Å²) in [6, 6.07) is 34.2. The number of amides is 2. The Morgan fingerprint density at radius 2 is 1.51 bits per heavy atom. The van der Waals surface area contributed by atoms with Crippen LogP contribution in [0.2, 0.25) is 5.04 Å². The number of likely N-dealkylation sites (tertiary alicyclic amines) is 1. The van der Waals surface area contributed by atoms with Gasteiger partial charge in [0.05, 0.1) is 31.2 Å². The van der Waals surface area contributed by atoms with Gasteiger partial charge in [-0.1, -0.05) is 124 Å². The molecule has 2 amide bonds. The van der Waals surface area contributed by atoms with Crippen LogP contribution in [0.1, 0.15) is 51.2 Å². The second kappa shape index (κ2) is 15.7. The number of carbonyl (C=O) groups is 2. The summed E-state index contributed by atoms with van der Waals surface area (Å²) in [6.07, 6.45) is 1.59. The van der Waals surface area contributed by atoms with E-state index in [-0.39, 0.29) is 36.3 Å². The maximum atomic E-state index is 14.3. The molecular weight excluding hydrogens is 686 g/mol. The van der Waals surface area contributed by atoms with Crippen molar-refractivity contribution in [3.63, 3.8) is 0 Å². The molecule has 0 saturated carbocycles. The van der Waals surface area contributed by atoms with E-state index in [1.54, 1.807) is 6.07 Å². The number of benzene rings is 4. The minimum Gasteiger partial charge on any atom is -0.505 e. The van der Waals surface area contributed by atoms with E-state index in [9.17, 15) is 29.3 Å². The van der Waals surface area contributed by atoms with Gasteiger partial charge in [-0.2, -0.15) is 0 Å². The second-order valence-electron chi connectivity index (χ2n) is 15.2. The van der Waals surface area contributed by atoms with Gasteiger partial charge in [-0.15, -0.1) is 0 Å². The number of fused-ring (bicyclic) bond motifs is 1. The van der Waals surface area contributed by atoms with Gasteiger partial charge in [-0.3, -0.25) is 14.5 Å². The molecule has 1 saturated heterocycles. The molecule has 276 valence electrons. The number of halogens is 1. The van der Waals surface area contributed by atoms with Crippen molar-refractivity contribution in [2.45, 2.75) is 51.2 Å². The van der Waals surface area contributed by atoms with Gasteiger partial charge < -0.3 is 19.7 Å². The predicted octanol–water partition coefficient (Wildman–Crippen LogP) is 6.33. The first kappa shape index (κ1) is 38.1. The van der Waals surface area contributed by atoms with E-state index >= 15 is 0 Å². The third kappa shape index (κ3) is 7.44. The molecule has 6 rings (SSSR count). The standard InChI is InChI=1S/C44H48FNO6Si/c1-44(2,3)53(33-16-10-6-11-17-33,34-18-12-7-13-19-34)52-28-32-26-35-41(43(51)46(4)42(35)50)36(27-47)40(32)39(49)23-21-31(30-14-8-5-9-15-30)24-29-20-22-38(48)37(45)25-29/h5-20,22,24-25,35-36,39,41,47-49H,21,23,26-28H2,1-4H3/b31-24-/t35-,36+,39-,41-/m1/s1. The Labute approximate surface area is 312 Å². The van der Waals surface area contributed by atoms with Crippen molar-refractivity contribution in [3.05, 3.63) is 137 Å². The van der Waals surface area contributed by atoms with Gasteiger partial charge in [-0.05, 0) is 74.7 Å². The van der Waals surface area contributed by atoms with Crippen LogP contribution in [-0.4, -0.2) is 66.7 Å². The largest absolute Gasteiger partial charge is 0.505 e. The van der Waals surface area contributed by atoms with Gasteiger partial charge >= 0.3 is 0 Å². The lowest BCUT2D eigenvalue weighted by molar-refractivity contribution is -0.138. The Balaban J connectivity index is 1.42. The summed E-state index contributed by atoms with van der Waals surface area (Å²) in [6.45, 7) is 6.24. The van der Waals surface area contributed by atoms with Crippen molar-refractivity contribution >= 4 is 42.2 Å². The fourth-order valence-electron chi connectivity index (χ4n) is 8.42. The van der Waals surface area contributed by atoms with Crippen LogP contribution >= 0.6 is 0 Å². The number of imide groups is 1. The van der Waals surface area contributed by atoms with Crippen molar-refractivity contribution in [2.24, 2.45) is 17.8 Å². The summed E-state index contributed by atoms with van der Waals surface area (Å²) in [7, 11) is -1.56. The number of hydrogen-bond acceptors (Lipinski definition) is 6. The number of rotatable bonds is 12. The van der Waals surface area contributed by atoms with Crippen LogP contribution in [0.4, 0.5) is 4.39 Å². The highest BCUT2D eigenvalue weighted by molar-refractivity contribution is 6.99. The van der Waals surface area contributed by atoms with E-state index in [4.69, 9.17) is 4.43 Å². The van der Waals surface area contributed by atoms with Gasteiger partial charge in [-0.25, -0.2) is 4.39 Å². The Kier molecular flexibility index (Phi) is 11.3. The monoisotopic (exact) mass is 733 g/mol. The van der Waals surface area contributed by atoms with Crippen LogP contribution in [0.3, 0.4) is 0 Å². The van der Waals surface area contributed by atoms with E-state index in [2.05, 4.69) is 45.0 Å². The summed E-state index contributed by atoms with van der Waals surface area (Å²) < 4.78 is 21.7. The molecule has 0 radical (unpaired) electrons. The number of allylic oxidation sites excluding steroid dienone is 1. The Hall–Kier alpha value is -4.67. The number of phenols is 1. The minimum absolute atomic E-state index is 0.110. The van der Waals surface area contributed by atoms with Crippen molar-refractivity contribution in [1.29, 1.82) is 0 Å². The molecule has 0 aromatic heterocycles. The minimum atomic E-state index is -3.04. The quantitative estimate of drug-likeness (QED) is 0.0681. The SMILES string of the molecule is CN1C(=O)[C@@H]2[C@@H](CC(CO[Si](c3ccccc3)(c3ccccc3)C(C)(C)C)=C([C@H](O)CC/C(=C/c3ccc(O)c(F)c3)c3ccccc3)[C@@H]2CO)C1=O. The lowest BCUT2D eigenvalue weighted by atomic mass is 9.68. The Morgan fingerprint density at radius 1 is 0.925 bits per heavy atom. The summed E-state index contributed by atoms with van der Waals surface area (Å²) >= 11 is 0. The second-order valence-corrected chi connectivity index (χ2v) is 19.5. The van der Waals surface area contributed by atoms with Crippen LogP contribution in [0, 0.1) is 23.6 Å². The lowest BCUT2D eigenvalue weighted by Crippen LogP contribution is -2.66. The number of carbonyl (C=O) groups excluding carboxylic acids is 2. The molecule has 0 bridgehead atoms. The molecule has 1 aliphatic carbocycles. The van der Waals surface area contributed by atoms with Gasteiger partial charge in [0.2, 0.25) is 11.8 Å². The molecule has 0 spiro atoms. The first-order valence-corrected chi connectivity index (χ1v) is 20.1. The molecule has 4 aromatic carbocycles. The van der Waals surface area contributed by atoms with Gasteiger partial charge in [0.1, 0.15) is 0 Å². The summed E-state index contributed by atoms with van der Waals surface area (Å²) in [5.74, 6) is -4.04. The van der Waals surface area contributed by atoms with Crippen LogP contribution in [0.15, 0.2) is 120 Å². The number of nitrogens with zero attached hydrogens (tertiary/aromatic N) is 1. The molecule has 2 aliphatic rings. The number of phenolic OH excluding ortho intramolecular Hbond substituents is 1. The summed E-state index contributed by atoms with van der Waals surface area (Å²) in [4.78, 5) is 28.2. The third-order valence-corrected chi connectivity index (χ3v) is 16.0. The molecular formula is C44H48FNO6Si. The zero-order chi connectivity index (χ0) is 37.9. The topological polar surface area (TPSA) is 107 Å². The maximum absolute atomic E-state index is 14.3. The van der Waals surface area contributed by atoms with Crippen molar-refractivity contribution in [1.82, 2.24) is 4.90 Å². The van der Waals surface area contributed by atoms with E-state index in [0.29, 0.717) is 17.6 Å². The first-order valence-electron chi connectivity index (χ1n) is 18.2. The van der Waals surface area contributed by atoms with Crippen LogP contribution in [-0.2, 0) is 14.0 Å². The third-order valence-electron chi connectivity index (χ3n) is 11.0. The number of aliphatic hydroxyl groups excluding tert-OH is 2. The smallest absolute Gasteiger partial charge is 0.261 e. The van der Waals surface area contributed by atoms with E-state index in [1.165, 1.54) is 19.2 Å². The van der Waals surface area contributed by atoms with Crippen molar-refractivity contribution < 1.29 is 33.7 Å². The molecule has 9 heteroatoms. The van der Waals surface area contributed by atoms with E-state index in [1.807, 2.05) is 72.8 Å². The first-order chi connectivity index (χ1) is 25.4. The van der Waals surface area contributed by atoms with Crippen molar-refractivity contribution in [3.8, 4) is 5.75 Å². The zero-order valence-electron chi connectivity index (χ0n) is 30.7. The molecule has 4 atom stereocenters. The molecule has 4 aromatic rings. The fraction of sp³-hybridized carbons (Fsp3) is 0.318. The van der Waals surface area contributed by atoms with Crippen LogP contribution in [0.25, 0.3) is 11.6 Å². The average molecular weight is 734 g/mol. The predicted molar refractivity (Wildman–Crippen MR) is 208 cm³/mol. The van der Waals surface area contributed by atoms with Gasteiger partial charge in [0, 0.05) is 13.0 Å². The van der Waals surface area contributed by atoms with Crippen molar-refractivity contribution in [2.75, 3.05) is 20.3 Å². The van der Waals surface area contributed by atoms with Gasteiger partial charge in [0.15, 0.2) is 11.6 Å². The molecule has 1 heterocycles. The zero-order valence-corrected chi connectivity index (χ0v) is 31.7. The molecule has 53 heavy (non-hydrogen) atoms. The molecule has 1 fully saturated rings. The maximum Gasteiger partial charge on any atom is 0.261 e. The summed E-state index contributed by atoms with van der Waals surface area (Å²) in [5, 5.41) is 34.8. The van der Waals surface area contributed by atoms with Gasteiger partial charge in [0.25, 0.3) is 8.32 Å². The highest BCUT2D eigenvalue weighted by Crippen LogP contribution is 2.47. The molecule has 0 unspecified atom stereocenters. The highest BCUT2D eigenvalue weighted by atomic mass is 28.4. The Morgan fingerprint density at radius 3 is 2.06 bits per heavy atom. The van der Waals surface area contributed by atoms with E-state index in [0.717, 1.165) is 32.0 Å².